The first kappa shape index (κ1) is 14.9. The van der Waals surface area contributed by atoms with Gasteiger partial charge in [-0.15, -0.1) is 0 Å². The summed E-state index contributed by atoms with van der Waals surface area (Å²) in [5.74, 6) is -0.104. The molecule has 1 aromatic carbocycles. The summed E-state index contributed by atoms with van der Waals surface area (Å²) >= 11 is 3.07. The standard InChI is InChI=1S/C12H10BrN5O3/c1-17(12-14-5-2-6-15-12)16-11(19)8-3-4-10(18(20)21)9(13)7-8/h2-7H,1H3,(H,16,19). The second-order valence-electron chi connectivity index (χ2n) is 3.97. The van der Waals surface area contributed by atoms with Crippen molar-refractivity contribution >= 4 is 33.5 Å². The van der Waals surface area contributed by atoms with Crippen LogP contribution in [0.1, 0.15) is 10.4 Å². The topological polar surface area (TPSA) is 101 Å². The molecule has 0 saturated heterocycles. The fraction of sp³-hybridized carbons (Fsp3) is 0.0833. The molecule has 8 nitrogen and oxygen atoms in total. The number of amides is 1. The molecule has 21 heavy (non-hydrogen) atoms. The number of carbonyl (C=O) groups excluding carboxylic acids is 1. The van der Waals surface area contributed by atoms with Crippen molar-refractivity contribution in [2.75, 3.05) is 12.1 Å². The molecule has 0 atom stereocenters. The van der Waals surface area contributed by atoms with Crippen LogP contribution in [-0.2, 0) is 0 Å². The van der Waals surface area contributed by atoms with Crippen LogP contribution < -0.4 is 10.4 Å². The maximum absolute atomic E-state index is 12.1. The Balaban J connectivity index is 2.14. The van der Waals surface area contributed by atoms with Crippen molar-refractivity contribution in [3.8, 4) is 0 Å². The number of nitro groups is 1. The number of rotatable bonds is 4. The zero-order valence-electron chi connectivity index (χ0n) is 10.9. The van der Waals surface area contributed by atoms with E-state index in [-0.39, 0.29) is 15.7 Å². The van der Waals surface area contributed by atoms with Crippen molar-refractivity contribution in [1.29, 1.82) is 0 Å². The third kappa shape index (κ3) is 3.51. The average Bonchev–Trinajstić information content (AvgIpc) is 2.47. The highest BCUT2D eigenvalue weighted by Gasteiger charge is 2.16. The molecule has 0 radical (unpaired) electrons. The molecule has 0 unspecified atom stereocenters. The Labute approximate surface area is 128 Å². The lowest BCUT2D eigenvalue weighted by Crippen LogP contribution is -2.40. The Morgan fingerprint density at radius 2 is 2.05 bits per heavy atom. The number of nitrogens with zero attached hydrogens (tertiary/aromatic N) is 4. The molecule has 0 spiro atoms. The van der Waals surface area contributed by atoms with Gasteiger partial charge in [-0.05, 0) is 34.1 Å². The summed E-state index contributed by atoms with van der Waals surface area (Å²) in [6, 6.07) is 5.68. The molecule has 1 heterocycles. The summed E-state index contributed by atoms with van der Waals surface area (Å²) in [5.41, 5.74) is 2.74. The Morgan fingerprint density at radius 3 is 2.62 bits per heavy atom. The Hall–Kier alpha value is -2.55. The third-order valence-corrected chi connectivity index (χ3v) is 3.16. The average molecular weight is 352 g/mol. The van der Waals surface area contributed by atoms with Gasteiger partial charge in [-0.2, -0.15) is 0 Å². The van der Waals surface area contributed by atoms with Crippen molar-refractivity contribution < 1.29 is 9.72 Å². The molecule has 0 aliphatic carbocycles. The highest BCUT2D eigenvalue weighted by atomic mass is 79.9. The molecule has 1 amide bonds. The van der Waals surface area contributed by atoms with Crippen LogP contribution in [0.15, 0.2) is 41.1 Å². The maximum atomic E-state index is 12.1. The van der Waals surface area contributed by atoms with Gasteiger partial charge in [0.05, 0.1) is 9.40 Å². The van der Waals surface area contributed by atoms with Crippen LogP contribution in [0.4, 0.5) is 11.6 Å². The van der Waals surface area contributed by atoms with E-state index < -0.39 is 10.8 Å². The Morgan fingerprint density at radius 1 is 1.38 bits per heavy atom. The molecule has 0 fully saturated rings. The molecule has 108 valence electrons. The molecule has 2 aromatic rings. The summed E-state index contributed by atoms with van der Waals surface area (Å²) in [6.07, 6.45) is 3.10. The molecule has 1 N–H and O–H groups in total. The summed E-state index contributed by atoms with van der Waals surface area (Å²) < 4.78 is 0.235. The molecule has 0 aliphatic heterocycles. The largest absolute Gasteiger partial charge is 0.283 e. The van der Waals surface area contributed by atoms with E-state index in [0.717, 1.165) is 0 Å². The van der Waals surface area contributed by atoms with E-state index >= 15 is 0 Å². The van der Waals surface area contributed by atoms with E-state index in [1.54, 1.807) is 25.5 Å². The first-order valence-electron chi connectivity index (χ1n) is 5.74. The number of halogens is 1. The van der Waals surface area contributed by atoms with E-state index in [4.69, 9.17) is 0 Å². The fourth-order valence-electron chi connectivity index (χ4n) is 1.53. The van der Waals surface area contributed by atoms with Crippen molar-refractivity contribution in [2.24, 2.45) is 0 Å². The predicted molar refractivity (Wildman–Crippen MR) is 78.7 cm³/mol. The molecule has 2 rings (SSSR count). The quantitative estimate of drug-likeness (QED) is 0.666. The maximum Gasteiger partial charge on any atom is 0.283 e. The molecular formula is C12H10BrN5O3. The van der Waals surface area contributed by atoms with Gasteiger partial charge in [0.2, 0.25) is 5.95 Å². The Kier molecular flexibility index (Phi) is 4.43. The van der Waals surface area contributed by atoms with Gasteiger partial charge in [0.15, 0.2) is 0 Å². The van der Waals surface area contributed by atoms with Gasteiger partial charge in [0.1, 0.15) is 0 Å². The monoisotopic (exact) mass is 351 g/mol. The molecular weight excluding hydrogens is 342 g/mol. The minimum Gasteiger partial charge on any atom is -0.267 e. The molecule has 0 aliphatic rings. The number of anilines is 1. The van der Waals surface area contributed by atoms with Gasteiger partial charge < -0.3 is 0 Å². The lowest BCUT2D eigenvalue weighted by Gasteiger charge is -2.17. The minimum atomic E-state index is -0.532. The van der Waals surface area contributed by atoms with Crippen molar-refractivity contribution in [3.63, 3.8) is 0 Å². The van der Waals surface area contributed by atoms with E-state index in [2.05, 4.69) is 31.3 Å². The van der Waals surface area contributed by atoms with Gasteiger partial charge >= 0.3 is 0 Å². The Bertz CT molecular complexity index is 680. The highest BCUT2D eigenvalue weighted by Crippen LogP contribution is 2.25. The minimum absolute atomic E-state index is 0.105. The first-order valence-corrected chi connectivity index (χ1v) is 6.54. The number of aromatic nitrogens is 2. The van der Waals surface area contributed by atoms with Crippen LogP contribution in [-0.4, -0.2) is 27.8 Å². The number of nitrogens with one attached hydrogen (secondary N) is 1. The molecule has 0 bridgehead atoms. The van der Waals surface area contributed by atoms with E-state index in [1.807, 2.05) is 0 Å². The zero-order chi connectivity index (χ0) is 15.4. The van der Waals surface area contributed by atoms with E-state index in [0.29, 0.717) is 5.95 Å². The van der Waals surface area contributed by atoms with Crippen LogP contribution >= 0.6 is 15.9 Å². The lowest BCUT2D eigenvalue weighted by molar-refractivity contribution is -0.385. The first-order chi connectivity index (χ1) is 9.99. The van der Waals surface area contributed by atoms with Crippen LogP contribution in [0.25, 0.3) is 0 Å². The second-order valence-corrected chi connectivity index (χ2v) is 4.83. The van der Waals surface area contributed by atoms with Gasteiger partial charge in [-0.25, -0.2) is 9.97 Å². The van der Waals surface area contributed by atoms with E-state index in [9.17, 15) is 14.9 Å². The van der Waals surface area contributed by atoms with Gasteiger partial charge in [0.25, 0.3) is 11.6 Å². The molecule has 1 aromatic heterocycles. The van der Waals surface area contributed by atoms with Crippen LogP contribution in [0, 0.1) is 10.1 Å². The molecule has 0 saturated carbocycles. The van der Waals surface area contributed by atoms with Crippen LogP contribution in [0.2, 0.25) is 0 Å². The van der Waals surface area contributed by atoms with Crippen LogP contribution in [0.5, 0.6) is 0 Å². The number of nitro benzene ring substituents is 1. The van der Waals surface area contributed by atoms with Gasteiger partial charge in [0, 0.05) is 31.1 Å². The van der Waals surface area contributed by atoms with Crippen molar-refractivity contribution in [3.05, 3.63) is 56.8 Å². The van der Waals surface area contributed by atoms with Gasteiger partial charge in [-0.1, -0.05) is 0 Å². The normalized spacial score (nSPS) is 10.0. The SMILES string of the molecule is CN(NC(=O)c1ccc([N+](=O)[O-])c(Br)c1)c1ncccn1. The fourth-order valence-corrected chi connectivity index (χ4v) is 2.05. The molecule has 9 heteroatoms. The number of hydrogen-bond donors (Lipinski definition) is 1. The second kappa shape index (κ2) is 6.27. The van der Waals surface area contributed by atoms with Crippen molar-refractivity contribution in [2.45, 2.75) is 0 Å². The van der Waals surface area contributed by atoms with E-state index in [1.165, 1.54) is 23.2 Å². The predicted octanol–water partition coefficient (Wildman–Crippen LogP) is 1.93. The summed E-state index contributed by atoms with van der Waals surface area (Å²) in [5, 5.41) is 12.1. The number of benzene rings is 1. The number of hydrogen-bond acceptors (Lipinski definition) is 6. The zero-order valence-corrected chi connectivity index (χ0v) is 12.4. The smallest absolute Gasteiger partial charge is 0.267 e. The highest BCUT2D eigenvalue weighted by molar-refractivity contribution is 9.10. The number of hydrazine groups is 1. The van der Waals surface area contributed by atoms with Crippen LogP contribution in [0.3, 0.4) is 0 Å². The summed E-state index contributed by atoms with van der Waals surface area (Å²) in [4.78, 5) is 30.2. The lowest BCUT2D eigenvalue weighted by atomic mass is 10.2. The summed E-state index contributed by atoms with van der Waals surface area (Å²) in [7, 11) is 1.59. The van der Waals surface area contributed by atoms with Crippen molar-refractivity contribution in [1.82, 2.24) is 15.4 Å². The number of carbonyl (C=O) groups is 1. The van der Waals surface area contributed by atoms with Gasteiger partial charge in [-0.3, -0.25) is 25.3 Å². The summed E-state index contributed by atoms with van der Waals surface area (Å²) in [6.45, 7) is 0. The third-order valence-electron chi connectivity index (χ3n) is 2.53.